The van der Waals surface area contributed by atoms with E-state index in [1.165, 1.54) is 18.4 Å². The molecular weight excluding hydrogens is 492 g/mol. The molecule has 1 spiro atoms. The van der Waals surface area contributed by atoms with Crippen molar-refractivity contribution in [1.29, 1.82) is 5.53 Å². The molecule has 0 unspecified atom stereocenters. The minimum atomic E-state index is -0.576. The predicted octanol–water partition coefficient (Wildman–Crippen LogP) is 6.78. The van der Waals surface area contributed by atoms with Gasteiger partial charge in [-0.1, -0.05) is 24.3 Å². The maximum absolute atomic E-state index is 12.0. The van der Waals surface area contributed by atoms with Crippen LogP contribution in [0.5, 0.6) is 23.0 Å². The van der Waals surface area contributed by atoms with Gasteiger partial charge in [0.2, 0.25) is 0 Å². The maximum atomic E-state index is 12.0. The number of carbonyl (C=O) groups excluding carboxylic acids is 1. The standard InChI is InChI=1S/C31H30N4O4/c1-20-18-35(19-31(20)10-11-31)13-4-14-38-29-17-26-25(16-28(29)37-2)27(9-12-33-26)39-22-7-8-23-21(15-22)5-3-6-24(23)30(36)34-32/h3,5-9,12,15-17,32H,1,4,10-11,13-14,18-19H2,2H3. The Morgan fingerprint density at radius 3 is 2.74 bits per heavy atom. The Hall–Kier alpha value is -4.30. The smallest absolute Gasteiger partial charge is 0.295 e. The minimum absolute atomic E-state index is 0.387. The van der Waals surface area contributed by atoms with Crippen LogP contribution >= 0.6 is 0 Å². The number of nitrogens with zero attached hydrogens (tertiary/aromatic N) is 3. The Labute approximate surface area is 226 Å². The molecule has 1 saturated carbocycles. The first-order valence-corrected chi connectivity index (χ1v) is 13.1. The molecule has 0 bridgehead atoms. The van der Waals surface area contributed by atoms with Gasteiger partial charge in [0.25, 0.3) is 5.91 Å². The number of hydrogen-bond acceptors (Lipinski definition) is 7. The number of aromatic nitrogens is 1. The molecule has 1 amide bonds. The number of hydrogen-bond donors (Lipinski definition) is 1. The zero-order valence-electron chi connectivity index (χ0n) is 21.9. The van der Waals surface area contributed by atoms with E-state index in [0.717, 1.165) is 47.7 Å². The van der Waals surface area contributed by atoms with Crippen LogP contribution in [0.2, 0.25) is 0 Å². The molecule has 1 aromatic heterocycles. The molecule has 0 atom stereocenters. The summed E-state index contributed by atoms with van der Waals surface area (Å²) in [6.45, 7) is 7.99. The van der Waals surface area contributed by atoms with E-state index in [1.807, 2.05) is 36.4 Å². The summed E-state index contributed by atoms with van der Waals surface area (Å²) in [5.41, 5.74) is 10.00. The van der Waals surface area contributed by atoms with Gasteiger partial charge in [-0.25, -0.2) is 5.53 Å². The van der Waals surface area contributed by atoms with E-state index >= 15 is 0 Å². The van der Waals surface area contributed by atoms with Gasteiger partial charge < -0.3 is 14.2 Å². The summed E-state index contributed by atoms with van der Waals surface area (Å²) in [4.78, 5) is 19.0. The van der Waals surface area contributed by atoms with Crippen molar-refractivity contribution in [3.63, 3.8) is 0 Å². The molecule has 2 heterocycles. The second-order valence-corrected chi connectivity index (χ2v) is 10.3. The highest BCUT2D eigenvalue weighted by atomic mass is 16.5. The van der Waals surface area contributed by atoms with Crippen LogP contribution in [0.3, 0.4) is 0 Å². The quantitative estimate of drug-likeness (QED) is 0.148. The van der Waals surface area contributed by atoms with Crippen LogP contribution in [-0.2, 0) is 0 Å². The number of carbonyl (C=O) groups is 1. The third-order valence-corrected chi connectivity index (χ3v) is 7.82. The molecule has 4 aromatic rings. The van der Waals surface area contributed by atoms with Gasteiger partial charge in [0.05, 0.1) is 24.8 Å². The van der Waals surface area contributed by atoms with E-state index < -0.39 is 5.91 Å². The summed E-state index contributed by atoms with van der Waals surface area (Å²) in [6, 6.07) is 16.4. The summed E-state index contributed by atoms with van der Waals surface area (Å²) >= 11 is 0. The lowest BCUT2D eigenvalue weighted by Gasteiger charge is -2.17. The van der Waals surface area contributed by atoms with E-state index in [0.29, 0.717) is 40.6 Å². The van der Waals surface area contributed by atoms with E-state index in [-0.39, 0.29) is 0 Å². The Balaban J connectivity index is 1.18. The zero-order valence-corrected chi connectivity index (χ0v) is 21.9. The number of fused-ring (bicyclic) bond motifs is 2. The maximum Gasteiger partial charge on any atom is 0.295 e. The lowest BCUT2D eigenvalue weighted by molar-refractivity contribution is 0.0992. The van der Waals surface area contributed by atoms with Crippen molar-refractivity contribution in [1.82, 2.24) is 9.88 Å². The van der Waals surface area contributed by atoms with Crippen LogP contribution in [0.4, 0.5) is 0 Å². The lowest BCUT2D eigenvalue weighted by atomic mass is 10.0. The molecule has 8 nitrogen and oxygen atoms in total. The number of pyridine rings is 1. The normalized spacial score (nSPS) is 16.1. The Bertz CT molecular complexity index is 1610. The molecule has 1 aliphatic carbocycles. The van der Waals surface area contributed by atoms with Crippen molar-refractivity contribution < 1.29 is 19.0 Å². The lowest BCUT2D eigenvalue weighted by Crippen LogP contribution is -2.23. The Kier molecular flexibility index (Phi) is 6.48. The van der Waals surface area contributed by atoms with E-state index in [4.69, 9.17) is 19.7 Å². The number of nitrogens with one attached hydrogen (secondary N) is 1. The molecular formula is C31H30N4O4. The molecule has 1 aliphatic heterocycles. The second kappa shape index (κ2) is 10.1. The van der Waals surface area contributed by atoms with Crippen molar-refractivity contribution in [3.05, 3.63) is 78.5 Å². The van der Waals surface area contributed by atoms with E-state index in [2.05, 4.69) is 21.6 Å². The van der Waals surface area contributed by atoms with Crippen LogP contribution in [0, 0.1) is 10.9 Å². The van der Waals surface area contributed by atoms with Crippen LogP contribution in [-0.4, -0.2) is 49.1 Å². The molecule has 6 rings (SSSR count). The fourth-order valence-corrected chi connectivity index (χ4v) is 5.51. The summed E-state index contributed by atoms with van der Waals surface area (Å²) in [5.74, 6) is 1.93. The first-order chi connectivity index (χ1) is 19.0. The topological polar surface area (TPSA) is 97.1 Å². The summed E-state index contributed by atoms with van der Waals surface area (Å²) in [6.07, 6.45) is 5.21. The van der Waals surface area contributed by atoms with Crippen LogP contribution in [0.25, 0.3) is 21.7 Å². The highest BCUT2D eigenvalue weighted by Gasteiger charge is 2.50. The van der Waals surface area contributed by atoms with Crippen molar-refractivity contribution in [3.8, 4) is 23.0 Å². The monoisotopic (exact) mass is 522 g/mol. The van der Waals surface area contributed by atoms with Crippen molar-refractivity contribution >= 4 is 27.6 Å². The summed E-state index contributed by atoms with van der Waals surface area (Å²) in [7, 11) is 1.63. The fourth-order valence-electron chi connectivity index (χ4n) is 5.51. The second-order valence-electron chi connectivity index (χ2n) is 10.3. The van der Waals surface area contributed by atoms with Crippen molar-refractivity contribution in [2.45, 2.75) is 19.3 Å². The van der Waals surface area contributed by atoms with Gasteiger partial charge in [-0.3, -0.25) is 14.7 Å². The van der Waals surface area contributed by atoms with Crippen LogP contribution in [0.1, 0.15) is 29.6 Å². The van der Waals surface area contributed by atoms with Crippen LogP contribution in [0.15, 0.2) is 78.1 Å². The fraction of sp³-hybridized carbons (Fsp3) is 0.290. The van der Waals surface area contributed by atoms with Gasteiger partial charge in [-0.2, -0.15) is 0 Å². The number of benzene rings is 3. The number of ether oxygens (including phenoxy) is 3. The largest absolute Gasteiger partial charge is 0.493 e. The number of amides is 1. The molecule has 3 aromatic carbocycles. The number of rotatable bonds is 9. The average molecular weight is 523 g/mol. The Morgan fingerprint density at radius 1 is 1.10 bits per heavy atom. The highest BCUT2D eigenvalue weighted by Crippen LogP contribution is 2.55. The molecule has 39 heavy (non-hydrogen) atoms. The van der Waals surface area contributed by atoms with Gasteiger partial charge in [0, 0.05) is 42.7 Å². The third-order valence-electron chi connectivity index (χ3n) is 7.82. The predicted molar refractivity (Wildman–Crippen MR) is 149 cm³/mol. The van der Waals surface area contributed by atoms with Crippen LogP contribution < -0.4 is 14.2 Å². The first kappa shape index (κ1) is 25.0. The molecule has 2 aliphatic rings. The molecule has 2 fully saturated rings. The molecule has 8 heteroatoms. The van der Waals surface area contributed by atoms with Gasteiger partial charge in [-0.15, -0.1) is 5.11 Å². The highest BCUT2D eigenvalue weighted by molar-refractivity contribution is 6.07. The first-order valence-electron chi connectivity index (χ1n) is 13.1. The number of methoxy groups -OCH3 is 1. The summed E-state index contributed by atoms with van der Waals surface area (Å²) in [5, 5.41) is 5.39. The van der Waals surface area contributed by atoms with E-state index in [1.54, 1.807) is 31.5 Å². The van der Waals surface area contributed by atoms with Gasteiger partial charge >= 0.3 is 0 Å². The molecule has 1 N–H and O–H groups in total. The average Bonchev–Trinajstić information content (AvgIpc) is 3.67. The zero-order chi connectivity index (χ0) is 27.0. The Morgan fingerprint density at radius 2 is 1.97 bits per heavy atom. The summed E-state index contributed by atoms with van der Waals surface area (Å²) < 4.78 is 18.0. The minimum Gasteiger partial charge on any atom is -0.493 e. The molecule has 0 radical (unpaired) electrons. The van der Waals surface area contributed by atoms with Crippen molar-refractivity contribution in [2.75, 3.05) is 33.4 Å². The molecule has 198 valence electrons. The van der Waals surface area contributed by atoms with Gasteiger partial charge in [0.15, 0.2) is 11.5 Å². The van der Waals surface area contributed by atoms with Crippen molar-refractivity contribution in [2.24, 2.45) is 10.5 Å². The van der Waals surface area contributed by atoms with Gasteiger partial charge in [-0.05, 0) is 66.4 Å². The van der Waals surface area contributed by atoms with E-state index in [9.17, 15) is 4.79 Å². The molecule has 1 saturated heterocycles. The number of likely N-dealkylation sites (tertiary alicyclic amines) is 1. The SMILES string of the molecule is C=C1CN(CCCOc2cc3nccc(Oc4ccc5c(C(=O)N=N)cccc5c4)c3cc2OC)CC12CC2. The third kappa shape index (κ3) is 4.83. The van der Waals surface area contributed by atoms with Gasteiger partial charge in [0.1, 0.15) is 11.5 Å².